The van der Waals surface area contributed by atoms with Crippen molar-refractivity contribution < 1.29 is 4.43 Å². The van der Waals surface area contributed by atoms with Crippen molar-refractivity contribution in [2.75, 3.05) is 0 Å². The van der Waals surface area contributed by atoms with E-state index in [-0.39, 0.29) is 0 Å². The zero-order valence-electron chi connectivity index (χ0n) is 13.1. The van der Waals surface area contributed by atoms with Gasteiger partial charge in [-0.05, 0) is 43.3 Å². The summed E-state index contributed by atoms with van der Waals surface area (Å²) < 4.78 is 6.15. The summed E-state index contributed by atoms with van der Waals surface area (Å²) in [5, 5.41) is 0. The third kappa shape index (κ3) is 6.08. The number of hydrogen-bond acceptors (Lipinski definition) is 1. The lowest BCUT2D eigenvalue weighted by molar-refractivity contribution is 0.259. The topological polar surface area (TPSA) is 9.23 Å². The zero-order valence-corrected chi connectivity index (χ0v) is 14.2. The van der Waals surface area contributed by atoms with Crippen molar-refractivity contribution >= 4 is 9.04 Å². The molecule has 2 heteroatoms. The van der Waals surface area contributed by atoms with Gasteiger partial charge in [-0.25, -0.2) is 0 Å². The van der Waals surface area contributed by atoms with Crippen molar-refractivity contribution in [1.82, 2.24) is 0 Å². The maximum absolute atomic E-state index is 6.15. The molecule has 1 rings (SSSR count). The molecule has 0 aromatic carbocycles. The van der Waals surface area contributed by atoms with Crippen LogP contribution in [0.25, 0.3) is 0 Å². The molecule has 0 aliphatic heterocycles. The van der Waals surface area contributed by atoms with Crippen molar-refractivity contribution in [3.63, 3.8) is 0 Å². The molecule has 1 unspecified atom stereocenters. The van der Waals surface area contributed by atoms with Gasteiger partial charge in [-0.2, -0.15) is 0 Å². The summed E-state index contributed by atoms with van der Waals surface area (Å²) in [5.74, 6) is 1.98. The molecule has 0 aromatic heterocycles. The molecule has 0 N–H and O–H groups in total. The molecule has 18 heavy (non-hydrogen) atoms. The maximum Gasteiger partial charge on any atom is 0.229 e. The van der Waals surface area contributed by atoms with Crippen LogP contribution >= 0.6 is 0 Å². The second kappa shape index (κ2) is 7.37. The van der Waals surface area contributed by atoms with E-state index in [1.54, 1.807) is 0 Å². The Morgan fingerprint density at radius 3 is 2.28 bits per heavy atom. The van der Waals surface area contributed by atoms with E-state index < -0.39 is 9.04 Å². The molecule has 0 radical (unpaired) electrons. The van der Waals surface area contributed by atoms with Crippen LogP contribution in [-0.2, 0) is 4.43 Å². The van der Waals surface area contributed by atoms with Gasteiger partial charge in [0, 0.05) is 6.42 Å². The van der Waals surface area contributed by atoms with Gasteiger partial charge >= 0.3 is 0 Å². The Hall–Kier alpha value is -0.243. The summed E-state index contributed by atoms with van der Waals surface area (Å²) in [5.41, 5.74) is 0.367. The van der Waals surface area contributed by atoms with E-state index in [9.17, 15) is 0 Å². The standard InChI is InChI=1S/C16H32OSi/c1-16(2,3)14-11-9-7-6-8-10-12-15(13-14)17-18(4)5/h13-14,18H,6-12H2,1-5H3. The number of hydrogen-bond donors (Lipinski definition) is 0. The van der Waals surface area contributed by atoms with E-state index in [4.69, 9.17) is 4.43 Å². The minimum Gasteiger partial charge on any atom is -0.550 e. The van der Waals surface area contributed by atoms with Crippen LogP contribution in [0.1, 0.15) is 65.7 Å². The molecule has 0 spiro atoms. The summed E-state index contributed by atoms with van der Waals surface area (Å²) in [6.07, 6.45) is 11.8. The Bertz CT molecular complexity index is 263. The smallest absolute Gasteiger partial charge is 0.229 e. The molecule has 0 heterocycles. The predicted octanol–water partition coefficient (Wildman–Crippen LogP) is 5.28. The molecular formula is C16H32OSi. The third-order valence-corrected chi connectivity index (χ3v) is 4.60. The Kier molecular flexibility index (Phi) is 6.48. The first kappa shape index (κ1) is 15.8. The van der Waals surface area contributed by atoms with Crippen LogP contribution in [0.4, 0.5) is 0 Å². The van der Waals surface area contributed by atoms with Gasteiger partial charge in [0.25, 0.3) is 0 Å². The van der Waals surface area contributed by atoms with Gasteiger partial charge < -0.3 is 4.43 Å². The molecule has 106 valence electrons. The molecule has 0 saturated carbocycles. The van der Waals surface area contributed by atoms with Gasteiger partial charge in [0.2, 0.25) is 9.04 Å². The molecule has 0 amide bonds. The third-order valence-electron chi connectivity index (χ3n) is 3.82. The van der Waals surface area contributed by atoms with E-state index in [2.05, 4.69) is 39.9 Å². The highest BCUT2D eigenvalue weighted by Gasteiger charge is 2.23. The van der Waals surface area contributed by atoms with Crippen LogP contribution < -0.4 is 0 Å². The van der Waals surface area contributed by atoms with Crippen LogP contribution in [0.15, 0.2) is 11.8 Å². The van der Waals surface area contributed by atoms with Gasteiger partial charge in [0.15, 0.2) is 0 Å². The fraction of sp³-hybridized carbons (Fsp3) is 0.875. The Balaban J connectivity index is 2.80. The van der Waals surface area contributed by atoms with Crippen molar-refractivity contribution in [3.05, 3.63) is 11.8 Å². The molecule has 0 bridgehead atoms. The highest BCUT2D eigenvalue weighted by molar-refractivity contribution is 6.48. The molecule has 1 aliphatic carbocycles. The number of rotatable bonds is 2. The molecule has 1 nitrogen and oxygen atoms in total. The molecule has 0 aromatic rings. The van der Waals surface area contributed by atoms with E-state index in [1.165, 1.54) is 44.3 Å². The van der Waals surface area contributed by atoms with Crippen LogP contribution in [0.5, 0.6) is 0 Å². The molecule has 0 fully saturated rings. The van der Waals surface area contributed by atoms with Gasteiger partial charge in [-0.15, -0.1) is 0 Å². The van der Waals surface area contributed by atoms with E-state index >= 15 is 0 Å². The molecule has 0 saturated heterocycles. The predicted molar refractivity (Wildman–Crippen MR) is 83.3 cm³/mol. The first-order valence-corrected chi connectivity index (χ1v) is 10.5. The lowest BCUT2D eigenvalue weighted by atomic mass is 9.77. The Labute approximate surface area is 116 Å². The summed E-state index contributed by atoms with van der Waals surface area (Å²) in [6.45, 7) is 11.6. The second-order valence-corrected chi connectivity index (χ2v) is 9.41. The van der Waals surface area contributed by atoms with Gasteiger partial charge in [0.1, 0.15) is 0 Å². The SMILES string of the molecule is C[SiH](C)OC1=CC(C(C)(C)C)CCCCCCC1. The minimum absolute atomic E-state index is 0.367. The van der Waals surface area contributed by atoms with Gasteiger partial charge in [-0.3, -0.25) is 0 Å². The van der Waals surface area contributed by atoms with Gasteiger partial charge in [-0.1, -0.05) is 46.5 Å². The van der Waals surface area contributed by atoms with Gasteiger partial charge in [0.05, 0.1) is 5.76 Å². The van der Waals surface area contributed by atoms with Crippen LogP contribution in [0.3, 0.4) is 0 Å². The highest BCUT2D eigenvalue weighted by atomic mass is 28.3. The Morgan fingerprint density at radius 2 is 1.67 bits per heavy atom. The highest BCUT2D eigenvalue weighted by Crippen LogP contribution is 2.34. The maximum atomic E-state index is 6.15. The van der Waals surface area contributed by atoms with Crippen molar-refractivity contribution in [3.8, 4) is 0 Å². The van der Waals surface area contributed by atoms with Crippen LogP contribution in [0, 0.1) is 11.3 Å². The van der Waals surface area contributed by atoms with Crippen molar-refractivity contribution in [1.29, 1.82) is 0 Å². The zero-order chi connectivity index (χ0) is 13.6. The lowest BCUT2D eigenvalue weighted by Gasteiger charge is -2.30. The quantitative estimate of drug-likeness (QED) is 0.619. The average molecular weight is 269 g/mol. The minimum atomic E-state index is -0.954. The lowest BCUT2D eigenvalue weighted by Crippen LogP contribution is -2.20. The second-order valence-electron chi connectivity index (χ2n) is 7.08. The average Bonchev–Trinajstić information content (AvgIpc) is 2.24. The molecular weight excluding hydrogens is 236 g/mol. The first-order valence-electron chi connectivity index (χ1n) is 7.77. The largest absolute Gasteiger partial charge is 0.550 e. The number of allylic oxidation sites excluding steroid dienone is 2. The van der Waals surface area contributed by atoms with E-state index in [0.717, 1.165) is 6.42 Å². The fourth-order valence-corrected chi connectivity index (χ4v) is 3.47. The summed E-state index contributed by atoms with van der Waals surface area (Å²) >= 11 is 0. The van der Waals surface area contributed by atoms with Crippen LogP contribution in [-0.4, -0.2) is 9.04 Å². The molecule has 1 aliphatic rings. The van der Waals surface area contributed by atoms with Crippen molar-refractivity contribution in [2.45, 2.75) is 78.8 Å². The van der Waals surface area contributed by atoms with E-state index in [1.807, 2.05) is 0 Å². The van der Waals surface area contributed by atoms with E-state index in [0.29, 0.717) is 11.3 Å². The Morgan fingerprint density at radius 1 is 1.06 bits per heavy atom. The summed E-state index contributed by atoms with van der Waals surface area (Å²) in [6, 6.07) is 0. The molecule has 1 atom stereocenters. The summed E-state index contributed by atoms with van der Waals surface area (Å²) in [4.78, 5) is 0. The normalized spacial score (nSPS) is 23.7. The fourth-order valence-electron chi connectivity index (χ4n) is 2.67. The van der Waals surface area contributed by atoms with Crippen LogP contribution in [0.2, 0.25) is 13.1 Å². The first-order chi connectivity index (χ1) is 8.39. The van der Waals surface area contributed by atoms with Crippen molar-refractivity contribution in [2.24, 2.45) is 11.3 Å². The summed E-state index contributed by atoms with van der Waals surface area (Å²) in [7, 11) is -0.954. The monoisotopic (exact) mass is 268 g/mol.